The van der Waals surface area contributed by atoms with E-state index in [2.05, 4.69) is 5.16 Å². The first-order valence-electron chi connectivity index (χ1n) is 5.85. The lowest BCUT2D eigenvalue weighted by Gasteiger charge is -2.07. The highest BCUT2D eigenvalue weighted by Gasteiger charge is 2.08. The molecule has 0 amide bonds. The van der Waals surface area contributed by atoms with E-state index in [9.17, 15) is 8.78 Å². The monoisotopic (exact) mass is 328 g/mol. The Morgan fingerprint density at radius 1 is 1.24 bits per heavy atom. The van der Waals surface area contributed by atoms with Crippen molar-refractivity contribution in [2.75, 3.05) is 0 Å². The second kappa shape index (κ2) is 6.78. The molecule has 2 aromatic rings. The molecule has 3 nitrogen and oxygen atoms in total. The molecule has 7 heteroatoms. The highest BCUT2D eigenvalue weighted by atomic mass is 35.5. The molecular formula is C14H11ClF2N2OS. The lowest BCUT2D eigenvalue weighted by Crippen LogP contribution is -2.12. The summed E-state index contributed by atoms with van der Waals surface area (Å²) in [6.45, 7) is 0. The van der Waals surface area contributed by atoms with E-state index < -0.39 is 11.6 Å². The van der Waals surface area contributed by atoms with Crippen LogP contribution in [0.15, 0.2) is 46.4 Å². The van der Waals surface area contributed by atoms with Crippen LogP contribution in [0.3, 0.4) is 0 Å². The first-order chi connectivity index (χ1) is 10.0. The molecule has 0 saturated carbocycles. The Kier molecular flexibility index (Phi) is 5.03. The second-order valence-corrected chi connectivity index (χ2v) is 5.58. The maximum absolute atomic E-state index is 13.5. The summed E-state index contributed by atoms with van der Waals surface area (Å²) in [6, 6.07) is 8.35. The molecule has 21 heavy (non-hydrogen) atoms. The minimum Gasteiger partial charge on any atom is -0.409 e. The van der Waals surface area contributed by atoms with E-state index in [0.717, 1.165) is 11.6 Å². The van der Waals surface area contributed by atoms with Crippen LogP contribution in [-0.2, 0) is 5.75 Å². The van der Waals surface area contributed by atoms with Gasteiger partial charge in [-0.1, -0.05) is 28.9 Å². The first kappa shape index (κ1) is 15.6. The van der Waals surface area contributed by atoms with Crippen molar-refractivity contribution in [1.29, 1.82) is 0 Å². The molecule has 0 heterocycles. The third kappa shape index (κ3) is 3.86. The minimum atomic E-state index is -0.613. The summed E-state index contributed by atoms with van der Waals surface area (Å²) in [4.78, 5) is 0.341. The van der Waals surface area contributed by atoms with Crippen molar-refractivity contribution in [2.45, 2.75) is 10.6 Å². The van der Waals surface area contributed by atoms with E-state index in [1.165, 1.54) is 23.9 Å². The van der Waals surface area contributed by atoms with Crippen molar-refractivity contribution in [1.82, 2.24) is 0 Å². The fourth-order valence-electron chi connectivity index (χ4n) is 1.63. The average Bonchev–Trinajstić information content (AvgIpc) is 2.46. The van der Waals surface area contributed by atoms with Gasteiger partial charge in [-0.05, 0) is 23.8 Å². The van der Waals surface area contributed by atoms with Crippen LogP contribution in [0.1, 0.15) is 11.1 Å². The van der Waals surface area contributed by atoms with Crippen LogP contribution in [0.25, 0.3) is 0 Å². The summed E-state index contributed by atoms with van der Waals surface area (Å²) < 4.78 is 26.3. The Morgan fingerprint density at radius 3 is 2.62 bits per heavy atom. The first-order valence-corrected chi connectivity index (χ1v) is 7.22. The molecule has 0 unspecified atom stereocenters. The molecule has 3 N–H and O–H groups in total. The van der Waals surface area contributed by atoms with Gasteiger partial charge in [0.1, 0.15) is 11.6 Å². The molecule has 0 aromatic heterocycles. The topological polar surface area (TPSA) is 58.6 Å². The van der Waals surface area contributed by atoms with Gasteiger partial charge < -0.3 is 10.9 Å². The largest absolute Gasteiger partial charge is 0.409 e. The summed E-state index contributed by atoms with van der Waals surface area (Å²) in [6.07, 6.45) is 0. The number of amidine groups is 1. The van der Waals surface area contributed by atoms with Crippen molar-refractivity contribution >= 4 is 29.2 Å². The molecule has 0 radical (unpaired) electrons. The van der Waals surface area contributed by atoms with Gasteiger partial charge in [-0.2, -0.15) is 0 Å². The molecule has 0 atom stereocenters. The molecule has 0 aliphatic carbocycles. The molecule has 2 aromatic carbocycles. The lowest BCUT2D eigenvalue weighted by molar-refractivity contribution is 0.318. The van der Waals surface area contributed by atoms with Gasteiger partial charge in [-0.15, -0.1) is 11.8 Å². The molecule has 110 valence electrons. The van der Waals surface area contributed by atoms with Crippen LogP contribution in [-0.4, -0.2) is 11.0 Å². The number of rotatable bonds is 4. The average molecular weight is 329 g/mol. The predicted molar refractivity (Wildman–Crippen MR) is 79.9 cm³/mol. The van der Waals surface area contributed by atoms with Gasteiger partial charge >= 0.3 is 0 Å². The zero-order valence-corrected chi connectivity index (χ0v) is 12.3. The number of halogens is 3. The molecular weight excluding hydrogens is 318 g/mol. The number of hydrogen-bond acceptors (Lipinski definition) is 3. The van der Waals surface area contributed by atoms with Gasteiger partial charge in [-0.3, -0.25) is 0 Å². The van der Waals surface area contributed by atoms with E-state index >= 15 is 0 Å². The number of nitrogens with zero attached hydrogens (tertiary/aromatic N) is 1. The Hall–Kier alpha value is -1.79. The smallest absolute Gasteiger partial charge is 0.170 e. The van der Waals surface area contributed by atoms with E-state index in [0.29, 0.717) is 21.2 Å². The van der Waals surface area contributed by atoms with Crippen LogP contribution < -0.4 is 5.73 Å². The molecule has 0 saturated heterocycles. The summed E-state index contributed by atoms with van der Waals surface area (Å²) in [5.74, 6) is -0.847. The summed E-state index contributed by atoms with van der Waals surface area (Å²) in [5.41, 5.74) is 6.72. The van der Waals surface area contributed by atoms with E-state index in [1.54, 1.807) is 18.2 Å². The van der Waals surface area contributed by atoms with Crippen molar-refractivity contribution in [3.63, 3.8) is 0 Å². The number of thioether (sulfide) groups is 1. The van der Waals surface area contributed by atoms with Crippen LogP contribution in [0.2, 0.25) is 5.02 Å². The Morgan fingerprint density at radius 2 is 2.00 bits per heavy atom. The third-order valence-corrected chi connectivity index (χ3v) is 4.18. The van der Waals surface area contributed by atoms with E-state index in [-0.39, 0.29) is 5.84 Å². The highest BCUT2D eigenvalue weighted by Crippen LogP contribution is 2.29. The number of benzene rings is 2. The Labute approximate surface area is 129 Å². The zero-order chi connectivity index (χ0) is 15.4. The van der Waals surface area contributed by atoms with Gasteiger partial charge in [0, 0.05) is 27.3 Å². The molecule has 0 bridgehead atoms. The molecule has 0 fully saturated rings. The lowest BCUT2D eigenvalue weighted by atomic mass is 10.1. The van der Waals surface area contributed by atoms with Gasteiger partial charge in [0.2, 0.25) is 0 Å². The van der Waals surface area contributed by atoms with E-state index in [1.807, 2.05) is 0 Å². The number of hydrogen-bond donors (Lipinski definition) is 2. The normalized spacial score (nSPS) is 11.7. The van der Waals surface area contributed by atoms with Gasteiger partial charge in [-0.25, -0.2) is 8.78 Å². The van der Waals surface area contributed by atoms with Crippen molar-refractivity contribution in [2.24, 2.45) is 10.9 Å². The minimum absolute atomic E-state index is 0.0410. The van der Waals surface area contributed by atoms with Crippen LogP contribution >= 0.6 is 23.4 Å². The third-order valence-electron chi connectivity index (χ3n) is 2.73. The molecule has 0 spiro atoms. The quantitative estimate of drug-likeness (QED) is 0.293. The molecule has 0 aliphatic heterocycles. The van der Waals surface area contributed by atoms with Crippen molar-refractivity contribution < 1.29 is 14.0 Å². The number of nitrogens with two attached hydrogens (primary N) is 1. The molecule has 2 rings (SSSR count). The van der Waals surface area contributed by atoms with Gasteiger partial charge in [0.25, 0.3) is 0 Å². The fourth-order valence-corrected chi connectivity index (χ4v) is 2.88. The second-order valence-electron chi connectivity index (χ2n) is 4.15. The summed E-state index contributed by atoms with van der Waals surface area (Å²) in [7, 11) is 0. The van der Waals surface area contributed by atoms with Gasteiger partial charge in [0.15, 0.2) is 5.84 Å². The van der Waals surface area contributed by atoms with Crippen LogP contribution in [0.5, 0.6) is 0 Å². The van der Waals surface area contributed by atoms with E-state index in [4.69, 9.17) is 22.5 Å². The maximum Gasteiger partial charge on any atom is 0.170 e. The summed E-state index contributed by atoms with van der Waals surface area (Å²) in [5, 5.41) is 11.9. The van der Waals surface area contributed by atoms with Crippen LogP contribution in [0.4, 0.5) is 8.78 Å². The predicted octanol–water partition coefficient (Wildman–Crippen LogP) is 4.01. The Balaban J connectivity index is 2.13. The summed E-state index contributed by atoms with van der Waals surface area (Å²) >= 11 is 7.31. The fraction of sp³-hybridized carbons (Fsp3) is 0.0714. The van der Waals surface area contributed by atoms with Crippen molar-refractivity contribution in [3.8, 4) is 0 Å². The number of oxime groups is 1. The van der Waals surface area contributed by atoms with Crippen LogP contribution in [0, 0.1) is 11.6 Å². The molecule has 0 aliphatic rings. The van der Waals surface area contributed by atoms with Gasteiger partial charge in [0.05, 0.1) is 0 Å². The Bertz CT molecular complexity index is 695. The standard InChI is InChI=1S/C14H11ClF2N2OS/c15-11-5-8(14(18)19-20)1-2-9(11)7-21-13-4-3-10(16)6-12(13)17/h1-6,20H,7H2,(H2,18,19). The highest BCUT2D eigenvalue weighted by molar-refractivity contribution is 7.98. The van der Waals surface area contributed by atoms with Crippen molar-refractivity contribution in [3.05, 3.63) is 64.2 Å². The zero-order valence-electron chi connectivity index (χ0n) is 10.7. The maximum atomic E-state index is 13.5. The SMILES string of the molecule is N/C(=N/O)c1ccc(CSc2ccc(F)cc2F)c(Cl)c1.